The van der Waals surface area contributed by atoms with Gasteiger partial charge in [0, 0.05) is 0 Å². The quantitative estimate of drug-likeness (QED) is 0.623. The van der Waals surface area contributed by atoms with Crippen molar-refractivity contribution in [3.05, 3.63) is 0 Å². The molecule has 66 valence electrons. The molecule has 0 saturated carbocycles. The van der Waals surface area contributed by atoms with Gasteiger partial charge < -0.3 is 9.84 Å². The molecule has 0 aromatic heterocycles. The van der Waals surface area contributed by atoms with Crippen LogP contribution >= 0.6 is 0 Å². The summed E-state index contributed by atoms with van der Waals surface area (Å²) in [7, 11) is 1.33. The Labute approximate surface area is 67.4 Å². The van der Waals surface area contributed by atoms with E-state index in [0.717, 1.165) is 6.42 Å². The van der Waals surface area contributed by atoms with Gasteiger partial charge in [0.2, 0.25) is 0 Å². The second kappa shape index (κ2) is 5.13. The Morgan fingerprint density at radius 3 is 2.55 bits per heavy atom. The number of hydrogen-bond acceptors (Lipinski definition) is 3. The smallest absolute Gasteiger partial charge is 0.311 e. The highest BCUT2D eigenvalue weighted by Crippen LogP contribution is 2.09. The highest BCUT2D eigenvalue weighted by atomic mass is 16.5. The van der Waals surface area contributed by atoms with Gasteiger partial charge in [-0.1, -0.05) is 13.3 Å². The maximum Gasteiger partial charge on any atom is 0.311 e. The summed E-state index contributed by atoms with van der Waals surface area (Å²) >= 11 is 0. The molecule has 0 aliphatic carbocycles. The molecule has 3 heteroatoms. The van der Waals surface area contributed by atoms with Crippen LogP contribution in [0, 0.1) is 5.92 Å². The summed E-state index contributed by atoms with van der Waals surface area (Å²) in [6.07, 6.45) is 0.964. The topological polar surface area (TPSA) is 46.5 Å². The number of carbonyl (C=O) groups excluding carboxylic acids is 1. The first-order valence-corrected chi connectivity index (χ1v) is 3.89. The highest BCUT2D eigenvalue weighted by Gasteiger charge is 2.21. The normalized spacial score (nSPS) is 15.6. The lowest BCUT2D eigenvalue weighted by molar-refractivity contribution is -0.148. The maximum atomic E-state index is 10.8. The number of methoxy groups -OCH3 is 1. The molecule has 0 radical (unpaired) electrons. The Balaban J connectivity index is 3.80. The Hall–Kier alpha value is -0.570. The van der Waals surface area contributed by atoms with Crippen molar-refractivity contribution >= 4 is 5.97 Å². The van der Waals surface area contributed by atoms with Crippen molar-refractivity contribution in [2.75, 3.05) is 7.11 Å². The zero-order valence-electron chi connectivity index (χ0n) is 7.33. The molecular formula is C8H16O3. The summed E-state index contributed by atoms with van der Waals surface area (Å²) in [6.45, 7) is 3.64. The first kappa shape index (κ1) is 10.4. The van der Waals surface area contributed by atoms with E-state index in [4.69, 9.17) is 0 Å². The van der Waals surface area contributed by atoms with Crippen LogP contribution in [0.4, 0.5) is 0 Å². The predicted octanol–water partition coefficient (Wildman–Crippen LogP) is 0.956. The summed E-state index contributed by atoms with van der Waals surface area (Å²) < 4.78 is 4.48. The summed E-state index contributed by atoms with van der Waals surface area (Å²) in [5.74, 6) is -0.745. The lowest BCUT2D eigenvalue weighted by Crippen LogP contribution is -2.26. The lowest BCUT2D eigenvalue weighted by atomic mass is 10.0. The second-order valence-electron chi connectivity index (χ2n) is 2.67. The number of ether oxygens (including phenoxy) is 1. The maximum absolute atomic E-state index is 10.8. The molecule has 0 unspecified atom stereocenters. The number of aliphatic hydroxyl groups excluding tert-OH is 1. The van der Waals surface area contributed by atoms with Crippen LogP contribution < -0.4 is 0 Å². The molecule has 0 aliphatic heterocycles. The minimum Gasteiger partial charge on any atom is -0.469 e. The van der Waals surface area contributed by atoms with E-state index in [1.807, 2.05) is 6.92 Å². The van der Waals surface area contributed by atoms with E-state index >= 15 is 0 Å². The number of aliphatic hydroxyl groups is 1. The predicted molar refractivity (Wildman–Crippen MR) is 42.1 cm³/mol. The molecule has 0 rings (SSSR count). The molecule has 3 nitrogen and oxygen atoms in total. The van der Waals surface area contributed by atoms with Crippen LogP contribution in [-0.4, -0.2) is 24.3 Å². The van der Waals surface area contributed by atoms with E-state index in [2.05, 4.69) is 4.74 Å². The van der Waals surface area contributed by atoms with Gasteiger partial charge in [-0.3, -0.25) is 4.79 Å². The number of esters is 1. The average Bonchev–Trinajstić information content (AvgIpc) is 2.02. The standard InChI is InChI=1S/C8H16O3/c1-4-5-7(9)6(2)8(10)11-3/h6-7,9H,4-5H2,1-3H3/t6-,7+/m0/s1. The van der Waals surface area contributed by atoms with Crippen molar-refractivity contribution in [1.29, 1.82) is 0 Å². The van der Waals surface area contributed by atoms with E-state index in [1.54, 1.807) is 6.92 Å². The molecule has 2 atom stereocenters. The molecule has 0 aliphatic rings. The van der Waals surface area contributed by atoms with Crippen molar-refractivity contribution < 1.29 is 14.6 Å². The fourth-order valence-electron chi connectivity index (χ4n) is 0.889. The minimum atomic E-state index is -0.563. The minimum absolute atomic E-state index is 0.342. The number of rotatable bonds is 4. The van der Waals surface area contributed by atoms with E-state index in [0.29, 0.717) is 6.42 Å². The molecule has 0 saturated heterocycles. The lowest BCUT2D eigenvalue weighted by Gasteiger charge is -2.15. The average molecular weight is 160 g/mol. The molecule has 1 N–H and O–H groups in total. The van der Waals surface area contributed by atoms with Gasteiger partial charge in [0.1, 0.15) is 0 Å². The van der Waals surface area contributed by atoms with Crippen LogP contribution in [0.2, 0.25) is 0 Å². The Morgan fingerprint density at radius 1 is 1.64 bits per heavy atom. The molecule has 0 fully saturated rings. The van der Waals surface area contributed by atoms with Crippen LogP contribution in [-0.2, 0) is 9.53 Å². The van der Waals surface area contributed by atoms with Gasteiger partial charge in [-0.25, -0.2) is 0 Å². The molecular weight excluding hydrogens is 144 g/mol. The first-order chi connectivity index (χ1) is 5.13. The van der Waals surface area contributed by atoms with Crippen LogP contribution in [0.3, 0.4) is 0 Å². The van der Waals surface area contributed by atoms with Gasteiger partial charge in [-0.15, -0.1) is 0 Å². The third-order valence-corrected chi connectivity index (χ3v) is 1.73. The van der Waals surface area contributed by atoms with Crippen molar-refractivity contribution in [2.24, 2.45) is 5.92 Å². The van der Waals surface area contributed by atoms with Crippen LogP contribution in [0.5, 0.6) is 0 Å². The Bertz CT molecular complexity index is 123. The number of hydrogen-bond donors (Lipinski definition) is 1. The molecule has 0 heterocycles. The van der Waals surface area contributed by atoms with Gasteiger partial charge in [-0.05, 0) is 13.3 Å². The summed E-state index contributed by atoms with van der Waals surface area (Å²) in [5.41, 5.74) is 0. The van der Waals surface area contributed by atoms with Gasteiger partial charge in [0.05, 0.1) is 19.1 Å². The molecule has 0 aromatic carbocycles. The zero-order chi connectivity index (χ0) is 8.85. The Morgan fingerprint density at radius 2 is 2.18 bits per heavy atom. The fraction of sp³-hybridized carbons (Fsp3) is 0.875. The molecule has 0 bridgehead atoms. The highest BCUT2D eigenvalue weighted by molar-refractivity contribution is 5.72. The third kappa shape index (κ3) is 3.37. The summed E-state index contributed by atoms with van der Waals surface area (Å²) in [5, 5.41) is 9.32. The van der Waals surface area contributed by atoms with Crippen molar-refractivity contribution in [3.63, 3.8) is 0 Å². The molecule has 11 heavy (non-hydrogen) atoms. The fourth-order valence-corrected chi connectivity index (χ4v) is 0.889. The van der Waals surface area contributed by atoms with E-state index < -0.39 is 12.0 Å². The summed E-state index contributed by atoms with van der Waals surface area (Å²) in [6, 6.07) is 0. The molecule has 0 amide bonds. The van der Waals surface area contributed by atoms with E-state index in [9.17, 15) is 9.90 Å². The van der Waals surface area contributed by atoms with Gasteiger partial charge in [-0.2, -0.15) is 0 Å². The third-order valence-electron chi connectivity index (χ3n) is 1.73. The van der Waals surface area contributed by atoms with Crippen molar-refractivity contribution in [3.8, 4) is 0 Å². The zero-order valence-corrected chi connectivity index (χ0v) is 7.33. The van der Waals surface area contributed by atoms with Crippen LogP contribution in [0.1, 0.15) is 26.7 Å². The number of carbonyl (C=O) groups is 1. The van der Waals surface area contributed by atoms with E-state index in [1.165, 1.54) is 7.11 Å². The first-order valence-electron chi connectivity index (χ1n) is 3.89. The van der Waals surface area contributed by atoms with Gasteiger partial charge >= 0.3 is 5.97 Å². The van der Waals surface area contributed by atoms with E-state index in [-0.39, 0.29) is 5.97 Å². The largest absolute Gasteiger partial charge is 0.469 e. The van der Waals surface area contributed by atoms with Gasteiger partial charge in [0.15, 0.2) is 0 Å². The molecule has 0 aromatic rings. The monoisotopic (exact) mass is 160 g/mol. The Kier molecular flexibility index (Phi) is 4.86. The molecule has 0 spiro atoms. The van der Waals surface area contributed by atoms with Crippen molar-refractivity contribution in [2.45, 2.75) is 32.8 Å². The van der Waals surface area contributed by atoms with Crippen LogP contribution in [0.25, 0.3) is 0 Å². The van der Waals surface area contributed by atoms with Gasteiger partial charge in [0.25, 0.3) is 0 Å². The summed E-state index contributed by atoms with van der Waals surface area (Å²) in [4.78, 5) is 10.8. The van der Waals surface area contributed by atoms with Crippen molar-refractivity contribution in [1.82, 2.24) is 0 Å². The van der Waals surface area contributed by atoms with Crippen LogP contribution in [0.15, 0.2) is 0 Å². The second-order valence-corrected chi connectivity index (χ2v) is 2.67. The SMILES string of the molecule is CCC[C@@H](O)[C@H](C)C(=O)OC.